The highest BCUT2D eigenvalue weighted by Crippen LogP contribution is 2.36. The predicted octanol–water partition coefficient (Wildman–Crippen LogP) is 2.51. The first-order valence-corrected chi connectivity index (χ1v) is 8.98. The summed E-state index contributed by atoms with van der Waals surface area (Å²) in [5.74, 6) is 0. The molecular formula is C18H24O5S. The van der Waals surface area contributed by atoms with Gasteiger partial charge in [-0.1, -0.05) is 42.1 Å². The fourth-order valence-electron chi connectivity index (χ4n) is 3.01. The van der Waals surface area contributed by atoms with Gasteiger partial charge in [-0.15, -0.1) is 0 Å². The third-order valence-electron chi connectivity index (χ3n) is 4.18. The van der Waals surface area contributed by atoms with Crippen molar-refractivity contribution in [3.05, 3.63) is 42.5 Å². The van der Waals surface area contributed by atoms with Crippen molar-refractivity contribution < 1.29 is 23.7 Å². The molecule has 3 rings (SSSR count). The van der Waals surface area contributed by atoms with Crippen molar-refractivity contribution in [3.63, 3.8) is 0 Å². The van der Waals surface area contributed by atoms with E-state index in [0.29, 0.717) is 19.8 Å². The number of methoxy groups -OCH3 is 2. The van der Waals surface area contributed by atoms with Crippen molar-refractivity contribution in [2.45, 2.75) is 34.7 Å². The normalized spacial score (nSPS) is 35.3. The Hall–Kier alpha value is -0.890. The fraction of sp³-hybridized carbons (Fsp3) is 0.556. The van der Waals surface area contributed by atoms with Crippen LogP contribution in [0.3, 0.4) is 0 Å². The Bertz CT molecular complexity index is 523. The Morgan fingerprint density at radius 1 is 1.00 bits per heavy atom. The van der Waals surface area contributed by atoms with E-state index in [-0.39, 0.29) is 29.9 Å². The summed E-state index contributed by atoms with van der Waals surface area (Å²) >= 11 is 1.64. The third-order valence-corrected chi connectivity index (χ3v) is 5.33. The lowest BCUT2D eigenvalue weighted by atomic mass is 9.99. The molecule has 6 heteroatoms. The Balaban J connectivity index is 1.79. The maximum absolute atomic E-state index is 6.30. The summed E-state index contributed by atoms with van der Waals surface area (Å²) in [5.41, 5.74) is -0.190. The van der Waals surface area contributed by atoms with Gasteiger partial charge in [0.2, 0.25) is 0 Å². The fourth-order valence-corrected chi connectivity index (χ4v) is 4.19. The number of hydrogen-bond donors (Lipinski definition) is 0. The molecule has 2 aliphatic rings. The zero-order chi connectivity index (χ0) is 16.8. The van der Waals surface area contributed by atoms with Gasteiger partial charge in [-0.25, -0.2) is 0 Å². The summed E-state index contributed by atoms with van der Waals surface area (Å²) in [7, 11) is 3.38. The highest BCUT2D eigenvalue weighted by Gasteiger charge is 2.47. The van der Waals surface area contributed by atoms with Gasteiger partial charge in [0.15, 0.2) is 0 Å². The molecule has 0 N–H and O–H groups in total. The Morgan fingerprint density at radius 2 is 1.75 bits per heavy atom. The van der Waals surface area contributed by atoms with E-state index in [9.17, 15) is 0 Å². The van der Waals surface area contributed by atoms with Gasteiger partial charge in [0.05, 0.1) is 19.8 Å². The van der Waals surface area contributed by atoms with Crippen molar-refractivity contribution in [3.8, 4) is 0 Å². The van der Waals surface area contributed by atoms with Crippen molar-refractivity contribution in [1.82, 2.24) is 0 Å². The molecule has 2 heterocycles. The number of thioether (sulfide) groups is 1. The van der Waals surface area contributed by atoms with Crippen LogP contribution in [0.1, 0.15) is 0 Å². The van der Waals surface area contributed by atoms with Gasteiger partial charge in [-0.3, -0.25) is 0 Å². The van der Waals surface area contributed by atoms with E-state index in [0.717, 1.165) is 4.90 Å². The maximum Gasteiger partial charge on any atom is 0.137 e. The molecule has 0 bridgehead atoms. The number of ether oxygens (including phenoxy) is 5. The summed E-state index contributed by atoms with van der Waals surface area (Å²) in [5, 5.41) is 0. The molecule has 0 unspecified atom stereocenters. The monoisotopic (exact) mass is 352 g/mol. The Kier molecular flexibility index (Phi) is 6.71. The van der Waals surface area contributed by atoms with E-state index in [1.807, 2.05) is 30.4 Å². The number of benzene rings is 1. The molecule has 24 heavy (non-hydrogen) atoms. The van der Waals surface area contributed by atoms with Gasteiger partial charge in [0.1, 0.15) is 29.9 Å². The van der Waals surface area contributed by atoms with Gasteiger partial charge in [0, 0.05) is 19.1 Å². The molecular weight excluding hydrogens is 328 g/mol. The molecule has 5 atom stereocenters. The second-order valence-corrected chi connectivity index (χ2v) is 6.85. The lowest BCUT2D eigenvalue weighted by Gasteiger charge is -2.44. The average molecular weight is 352 g/mol. The predicted molar refractivity (Wildman–Crippen MR) is 92.3 cm³/mol. The summed E-state index contributed by atoms with van der Waals surface area (Å²) in [6, 6.07) is 10.2. The molecule has 0 spiro atoms. The number of hydrogen-bond acceptors (Lipinski definition) is 6. The lowest BCUT2D eigenvalue weighted by molar-refractivity contribution is -0.232. The van der Waals surface area contributed by atoms with E-state index in [2.05, 4.69) is 12.1 Å². The van der Waals surface area contributed by atoms with E-state index < -0.39 is 0 Å². The molecule has 2 aliphatic heterocycles. The minimum Gasteiger partial charge on any atom is -0.376 e. The third kappa shape index (κ3) is 4.20. The van der Waals surface area contributed by atoms with Gasteiger partial charge < -0.3 is 23.7 Å². The minimum absolute atomic E-state index is 0.190. The Labute approximate surface area is 147 Å². The van der Waals surface area contributed by atoms with Crippen LogP contribution in [0.15, 0.2) is 47.4 Å². The van der Waals surface area contributed by atoms with Crippen LogP contribution in [0.2, 0.25) is 0 Å². The summed E-state index contributed by atoms with van der Waals surface area (Å²) < 4.78 is 29.5. The molecule has 1 fully saturated rings. The van der Waals surface area contributed by atoms with Crippen LogP contribution in [-0.4, -0.2) is 63.9 Å². The topological polar surface area (TPSA) is 46.2 Å². The first-order valence-electron chi connectivity index (χ1n) is 8.10. The van der Waals surface area contributed by atoms with Crippen LogP contribution >= 0.6 is 11.8 Å². The SMILES string of the molecule is CO[C@@H]1[C@@H](OC)[C@H](Sc2ccccc2)O[C@@H]2COC/C=C\CO[C@@H]12. The molecule has 0 aliphatic carbocycles. The first kappa shape index (κ1) is 17.9. The van der Waals surface area contributed by atoms with Crippen molar-refractivity contribution in [2.24, 2.45) is 0 Å². The van der Waals surface area contributed by atoms with E-state index in [1.54, 1.807) is 26.0 Å². The maximum atomic E-state index is 6.30. The summed E-state index contributed by atoms with van der Waals surface area (Å²) in [6.07, 6.45) is 3.05. The van der Waals surface area contributed by atoms with Crippen molar-refractivity contribution >= 4 is 11.8 Å². The van der Waals surface area contributed by atoms with E-state index >= 15 is 0 Å². The van der Waals surface area contributed by atoms with Crippen LogP contribution in [0.25, 0.3) is 0 Å². The molecule has 5 nitrogen and oxygen atoms in total. The summed E-state index contributed by atoms with van der Waals surface area (Å²) in [4.78, 5) is 1.13. The van der Waals surface area contributed by atoms with Gasteiger partial charge in [-0.2, -0.15) is 0 Å². The largest absolute Gasteiger partial charge is 0.376 e. The van der Waals surface area contributed by atoms with Crippen LogP contribution in [0.4, 0.5) is 0 Å². The number of fused-ring (bicyclic) bond motifs is 1. The van der Waals surface area contributed by atoms with Crippen LogP contribution in [0, 0.1) is 0 Å². The zero-order valence-electron chi connectivity index (χ0n) is 14.0. The van der Waals surface area contributed by atoms with Crippen molar-refractivity contribution in [1.29, 1.82) is 0 Å². The first-order chi connectivity index (χ1) is 11.8. The van der Waals surface area contributed by atoms with E-state index in [1.165, 1.54) is 0 Å². The average Bonchev–Trinajstić information content (AvgIpc) is 2.73. The lowest BCUT2D eigenvalue weighted by Crippen LogP contribution is -2.59. The number of rotatable bonds is 4. The molecule has 0 aromatic heterocycles. The van der Waals surface area contributed by atoms with Crippen LogP contribution in [-0.2, 0) is 23.7 Å². The van der Waals surface area contributed by atoms with Crippen LogP contribution in [0.5, 0.6) is 0 Å². The van der Waals surface area contributed by atoms with E-state index in [4.69, 9.17) is 23.7 Å². The minimum atomic E-state index is -0.230. The molecule has 1 aromatic rings. The second-order valence-electron chi connectivity index (χ2n) is 5.68. The summed E-state index contributed by atoms with van der Waals surface area (Å²) in [6.45, 7) is 1.55. The molecule has 0 saturated carbocycles. The molecule has 0 radical (unpaired) electrons. The molecule has 0 amide bonds. The van der Waals surface area contributed by atoms with Gasteiger partial charge in [0.25, 0.3) is 0 Å². The van der Waals surface area contributed by atoms with Gasteiger partial charge in [-0.05, 0) is 12.1 Å². The standard InChI is InChI=1S/C18H24O5S/c1-19-16-15-14(12-21-10-6-7-11-22-15)23-18(17(16)20-2)24-13-8-4-3-5-9-13/h3-9,14-18H,10-12H2,1-2H3/b7-6-/t14-,15-,16+,17-,18+/m1/s1. The van der Waals surface area contributed by atoms with Crippen molar-refractivity contribution in [2.75, 3.05) is 34.0 Å². The highest BCUT2D eigenvalue weighted by atomic mass is 32.2. The highest BCUT2D eigenvalue weighted by molar-refractivity contribution is 7.99. The van der Waals surface area contributed by atoms with Gasteiger partial charge >= 0.3 is 0 Å². The van der Waals surface area contributed by atoms with Crippen LogP contribution < -0.4 is 0 Å². The molecule has 132 valence electrons. The zero-order valence-corrected chi connectivity index (χ0v) is 14.8. The molecule has 1 saturated heterocycles. The molecule has 1 aromatic carbocycles. The quantitative estimate of drug-likeness (QED) is 0.776. The Morgan fingerprint density at radius 3 is 2.50 bits per heavy atom. The second kappa shape index (κ2) is 8.99. The smallest absolute Gasteiger partial charge is 0.137 e.